The molecule has 38 heavy (non-hydrogen) atoms. The Balaban J connectivity index is 2.03. The minimum absolute atomic E-state index is 0.0273. The van der Waals surface area contributed by atoms with Crippen LogP contribution < -0.4 is 9.62 Å². The molecule has 0 spiro atoms. The monoisotopic (exact) mass is 603 g/mol. The Kier molecular flexibility index (Phi) is 10.4. The van der Waals surface area contributed by atoms with Gasteiger partial charge in [-0.2, -0.15) is 0 Å². The summed E-state index contributed by atoms with van der Waals surface area (Å²) in [5.74, 6) is -1.55. The number of rotatable bonds is 12. The first kappa shape index (κ1) is 29.3. The molecule has 0 aliphatic rings. The lowest BCUT2D eigenvalue weighted by Crippen LogP contribution is -2.53. The molecule has 0 aromatic heterocycles. The van der Waals surface area contributed by atoms with Crippen molar-refractivity contribution in [1.82, 2.24) is 10.2 Å². The smallest absolute Gasteiger partial charge is 0.244 e. The molecule has 0 saturated carbocycles. The van der Waals surface area contributed by atoms with Crippen LogP contribution in [-0.4, -0.2) is 50.5 Å². The van der Waals surface area contributed by atoms with Gasteiger partial charge in [-0.15, -0.1) is 0 Å². The molecule has 1 N–H and O–H groups in total. The number of carbonyl (C=O) groups is 2. The van der Waals surface area contributed by atoms with Gasteiger partial charge in [0.15, 0.2) is 0 Å². The number of hydrogen-bond acceptors (Lipinski definition) is 4. The standard InChI is InChI=1S/C28H31BrFN3O4S/c1-3-16-31-28(35)26(17-21-8-5-4-6-9-21)32(19-22-12-14-23(29)15-13-22)27(34)20-33(38(2,36)37)25-11-7-10-24(30)18-25/h4-15,18,26H,3,16-17,19-20H2,1-2H3,(H,31,35). The molecule has 0 aliphatic carbocycles. The van der Waals surface area contributed by atoms with E-state index in [1.807, 2.05) is 61.5 Å². The van der Waals surface area contributed by atoms with Gasteiger partial charge < -0.3 is 10.2 Å². The van der Waals surface area contributed by atoms with Crippen molar-refractivity contribution < 1.29 is 22.4 Å². The molecule has 10 heteroatoms. The lowest BCUT2D eigenvalue weighted by atomic mass is 10.0. The molecule has 7 nitrogen and oxygen atoms in total. The largest absolute Gasteiger partial charge is 0.354 e. The highest BCUT2D eigenvalue weighted by Gasteiger charge is 2.33. The van der Waals surface area contributed by atoms with E-state index in [4.69, 9.17) is 0 Å². The summed E-state index contributed by atoms with van der Waals surface area (Å²) in [4.78, 5) is 28.7. The molecule has 202 valence electrons. The van der Waals surface area contributed by atoms with Crippen LogP contribution in [-0.2, 0) is 32.6 Å². The SMILES string of the molecule is CCCNC(=O)C(Cc1ccccc1)N(Cc1ccc(Br)cc1)C(=O)CN(c1cccc(F)c1)S(C)(=O)=O. The third-order valence-corrected chi connectivity index (χ3v) is 7.53. The molecular weight excluding hydrogens is 573 g/mol. The number of sulfonamides is 1. The highest BCUT2D eigenvalue weighted by atomic mass is 79.9. The summed E-state index contributed by atoms with van der Waals surface area (Å²) in [6, 6.07) is 20.8. The fourth-order valence-corrected chi connectivity index (χ4v) is 5.06. The Bertz CT molecular complexity index is 1340. The summed E-state index contributed by atoms with van der Waals surface area (Å²) >= 11 is 3.40. The van der Waals surface area contributed by atoms with Gasteiger partial charge in [0.1, 0.15) is 18.4 Å². The summed E-state index contributed by atoms with van der Waals surface area (Å²) in [7, 11) is -3.95. The zero-order valence-electron chi connectivity index (χ0n) is 21.3. The molecular formula is C28H31BrFN3O4S. The molecule has 0 aliphatic heterocycles. The highest BCUT2D eigenvalue weighted by molar-refractivity contribution is 9.10. The Morgan fingerprint density at radius 3 is 2.26 bits per heavy atom. The van der Waals surface area contributed by atoms with E-state index >= 15 is 0 Å². The first-order valence-electron chi connectivity index (χ1n) is 12.2. The number of nitrogens with one attached hydrogen (secondary N) is 1. The van der Waals surface area contributed by atoms with Crippen LogP contribution in [0, 0.1) is 5.82 Å². The average molecular weight is 605 g/mol. The van der Waals surface area contributed by atoms with Crippen LogP contribution in [0.5, 0.6) is 0 Å². The second kappa shape index (κ2) is 13.5. The van der Waals surface area contributed by atoms with Gasteiger partial charge in [-0.05, 0) is 47.9 Å². The van der Waals surface area contributed by atoms with E-state index < -0.39 is 34.3 Å². The number of carbonyl (C=O) groups excluding carboxylic acids is 2. The van der Waals surface area contributed by atoms with E-state index in [2.05, 4.69) is 21.2 Å². The lowest BCUT2D eigenvalue weighted by Gasteiger charge is -2.33. The fraction of sp³-hybridized carbons (Fsp3) is 0.286. The number of hydrogen-bond donors (Lipinski definition) is 1. The van der Waals surface area contributed by atoms with Gasteiger partial charge in [-0.3, -0.25) is 13.9 Å². The maximum Gasteiger partial charge on any atom is 0.244 e. The molecule has 3 aromatic carbocycles. The second-order valence-electron chi connectivity index (χ2n) is 8.89. The van der Waals surface area contributed by atoms with Crippen LogP contribution >= 0.6 is 15.9 Å². The van der Waals surface area contributed by atoms with E-state index in [0.717, 1.165) is 32.2 Å². The summed E-state index contributed by atoms with van der Waals surface area (Å²) in [6.07, 6.45) is 1.91. The molecule has 3 rings (SSSR count). The summed E-state index contributed by atoms with van der Waals surface area (Å²) < 4.78 is 41.0. The summed E-state index contributed by atoms with van der Waals surface area (Å²) in [6.45, 7) is 1.85. The molecule has 0 bridgehead atoms. The van der Waals surface area contributed by atoms with Crippen molar-refractivity contribution in [3.63, 3.8) is 0 Å². The fourth-order valence-electron chi connectivity index (χ4n) is 3.95. The van der Waals surface area contributed by atoms with Crippen molar-refractivity contribution in [2.24, 2.45) is 0 Å². The number of benzene rings is 3. The van der Waals surface area contributed by atoms with Crippen LogP contribution in [0.3, 0.4) is 0 Å². The number of nitrogens with zero attached hydrogens (tertiary/aromatic N) is 2. The molecule has 1 atom stereocenters. The van der Waals surface area contributed by atoms with E-state index in [9.17, 15) is 22.4 Å². The molecule has 0 radical (unpaired) electrons. The maximum absolute atomic E-state index is 14.0. The Morgan fingerprint density at radius 1 is 0.974 bits per heavy atom. The van der Waals surface area contributed by atoms with Crippen LogP contribution in [0.2, 0.25) is 0 Å². The normalized spacial score (nSPS) is 12.0. The van der Waals surface area contributed by atoms with Gasteiger partial charge in [0.25, 0.3) is 0 Å². The van der Waals surface area contributed by atoms with Gasteiger partial charge in [0.2, 0.25) is 21.8 Å². The molecule has 3 aromatic rings. The average Bonchev–Trinajstić information content (AvgIpc) is 2.88. The minimum Gasteiger partial charge on any atom is -0.354 e. The van der Waals surface area contributed by atoms with Gasteiger partial charge >= 0.3 is 0 Å². The molecule has 0 heterocycles. The van der Waals surface area contributed by atoms with E-state index in [0.29, 0.717) is 13.0 Å². The van der Waals surface area contributed by atoms with Crippen LogP contribution in [0.1, 0.15) is 24.5 Å². The number of halogens is 2. The van der Waals surface area contributed by atoms with Gasteiger partial charge in [-0.25, -0.2) is 12.8 Å². The third kappa shape index (κ3) is 8.39. The predicted octanol–water partition coefficient (Wildman–Crippen LogP) is 4.52. The van der Waals surface area contributed by atoms with Crippen molar-refractivity contribution >= 4 is 43.5 Å². The zero-order valence-corrected chi connectivity index (χ0v) is 23.7. The zero-order chi connectivity index (χ0) is 27.7. The van der Waals surface area contributed by atoms with Gasteiger partial charge in [-0.1, -0.05) is 71.4 Å². The molecule has 0 fully saturated rings. The van der Waals surface area contributed by atoms with Gasteiger partial charge in [0, 0.05) is 24.0 Å². The van der Waals surface area contributed by atoms with E-state index in [-0.39, 0.29) is 24.6 Å². The molecule has 1 unspecified atom stereocenters. The van der Waals surface area contributed by atoms with Crippen molar-refractivity contribution in [3.05, 3.63) is 100 Å². The Morgan fingerprint density at radius 2 is 1.66 bits per heavy atom. The molecule has 0 saturated heterocycles. The summed E-state index contributed by atoms with van der Waals surface area (Å²) in [5.41, 5.74) is 1.64. The molecule has 2 amide bonds. The highest BCUT2D eigenvalue weighted by Crippen LogP contribution is 2.21. The van der Waals surface area contributed by atoms with Crippen molar-refractivity contribution in [1.29, 1.82) is 0 Å². The lowest BCUT2D eigenvalue weighted by molar-refractivity contribution is -0.140. The van der Waals surface area contributed by atoms with E-state index in [1.165, 1.54) is 23.1 Å². The minimum atomic E-state index is -3.95. The Hall–Kier alpha value is -3.24. The van der Waals surface area contributed by atoms with Crippen molar-refractivity contribution in [2.75, 3.05) is 23.7 Å². The quantitative estimate of drug-likeness (QED) is 0.330. The predicted molar refractivity (Wildman–Crippen MR) is 151 cm³/mol. The van der Waals surface area contributed by atoms with E-state index in [1.54, 1.807) is 0 Å². The maximum atomic E-state index is 14.0. The summed E-state index contributed by atoms with van der Waals surface area (Å²) in [5, 5.41) is 2.88. The van der Waals surface area contributed by atoms with Crippen molar-refractivity contribution in [3.8, 4) is 0 Å². The number of anilines is 1. The third-order valence-electron chi connectivity index (χ3n) is 5.86. The first-order chi connectivity index (χ1) is 18.1. The topological polar surface area (TPSA) is 86.8 Å². The second-order valence-corrected chi connectivity index (χ2v) is 11.7. The van der Waals surface area contributed by atoms with Crippen LogP contribution in [0.15, 0.2) is 83.3 Å². The van der Waals surface area contributed by atoms with Gasteiger partial charge in [0.05, 0.1) is 11.9 Å². The Labute approximate surface area is 231 Å². The van der Waals surface area contributed by atoms with Crippen LogP contribution in [0.25, 0.3) is 0 Å². The number of amides is 2. The first-order valence-corrected chi connectivity index (χ1v) is 14.8. The van der Waals surface area contributed by atoms with Crippen molar-refractivity contribution in [2.45, 2.75) is 32.4 Å². The van der Waals surface area contributed by atoms with Crippen LogP contribution in [0.4, 0.5) is 10.1 Å².